The number of esters is 1. The zero-order valence-electron chi connectivity index (χ0n) is 7.98. The monoisotopic (exact) mass is 225 g/mol. The van der Waals surface area contributed by atoms with E-state index in [1.54, 1.807) is 23.7 Å². The van der Waals surface area contributed by atoms with E-state index in [0.29, 0.717) is 17.4 Å². The maximum Gasteiger partial charge on any atom is 0.358 e. The SMILES string of the molecule is CCOC(=O)c1cn2cc(Cl)ncc2n1. The fraction of sp³-hybridized carbons (Fsp3) is 0.222. The maximum atomic E-state index is 11.3. The van der Waals surface area contributed by atoms with Gasteiger partial charge in [-0.1, -0.05) is 11.6 Å². The van der Waals surface area contributed by atoms with Crippen molar-refractivity contribution in [1.82, 2.24) is 14.4 Å². The minimum Gasteiger partial charge on any atom is -0.461 e. The van der Waals surface area contributed by atoms with Crippen LogP contribution < -0.4 is 0 Å². The smallest absolute Gasteiger partial charge is 0.358 e. The van der Waals surface area contributed by atoms with E-state index < -0.39 is 5.97 Å². The van der Waals surface area contributed by atoms with Crippen molar-refractivity contribution in [3.63, 3.8) is 0 Å². The summed E-state index contributed by atoms with van der Waals surface area (Å²) in [5.74, 6) is -0.447. The van der Waals surface area contributed by atoms with Crippen LogP contribution in [0.3, 0.4) is 0 Å². The van der Waals surface area contributed by atoms with E-state index in [2.05, 4.69) is 9.97 Å². The highest BCUT2D eigenvalue weighted by Gasteiger charge is 2.11. The van der Waals surface area contributed by atoms with Gasteiger partial charge in [0.2, 0.25) is 0 Å². The summed E-state index contributed by atoms with van der Waals surface area (Å²) >= 11 is 5.69. The highest BCUT2D eigenvalue weighted by atomic mass is 35.5. The standard InChI is InChI=1S/C9H8ClN3O2/c1-2-15-9(14)6-4-13-5-7(10)11-3-8(13)12-6/h3-5H,2H2,1H3. The molecule has 0 fully saturated rings. The van der Waals surface area contributed by atoms with Crippen LogP contribution in [0.5, 0.6) is 0 Å². The third-order valence-corrected chi connectivity index (χ3v) is 1.99. The average Bonchev–Trinajstić information content (AvgIpc) is 2.60. The lowest BCUT2D eigenvalue weighted by Crippen LogP contribution is -2.04. The molecule has 0 aliphatic heterocycles. The predicted octanol–water partition coefficient (Wildman–Crippen LogP) is 1.56. The Kier molecular flexibility index (Phi) is 2.55. The van der Waals surface area contributed by atoms with Crippen LogP contribution in [-0.4, -0.2) is 26.9 Å². The molecule has 0 bridgehead atoms. The molecule has 0 amide bonds. The Bertz CT molecular complexity index is 509. The summed E-state index contributed by atoms with van der Waals surface area (Å²) in [7, 11) is 0. The van der Waals surface area contributed by atoms with E-state index in [0.717, 1.165) is 0 Å². The third-order valence-electron chi connectivity index (χ3n) is 1.79. The first kappa shape index (κ1) is 9.92. The van der Waals surface area contributed by atoms with E-state index in [1.807, 2.05) is 0 Å². The van der Waals surface area contributed by atoms with Gasteiger partial charge in [0.05, 0.1) is 12.8 Å². The molecule has 0 unspecified atom stereocenters. The Morgan fingerprint density at radius 3 is 3.13 bits per heavy atom. The lowest BCUT2D eigenvalue weighted by molar-refractivity contribution is 0.0520. The number of fused-ring (bicyclic) bond motifs is 1. The van der Waals surface area contributed by atoms with Gasteiger partial charge in [0, 0.05) is 12.4 Å². The molecule has 0 radical (unpaired) electrons. The summed E-state index contributed by atoms with van der Waals surface area (Å²) in [5, 5.41) is 0.343. The van der Waals surface area contributed by atoms with Gasteiger partial charge in [-0.15, -0.1) is 0 Å². The number of halogens is 1. The molecule has 78 valence electrons. The highest BCUT2D eigenvalue weighted by Crippen LogP contribution is 2.09. The minimum atomic E-state index is -0.447. The van der Waals surface area contributed by atoms with Crippen LogP contribution in [-0.2, 0) is 4.74 Å². The minimum absolute atomic E-state index is 0.251. The number of ether oxygens (including phenoxy) is 1. The van der Waals surface area contributed by atoms with Crippen molar-refractivity contribution in [2.75, 3.05) is 6.61 Å². The van der Waals surface area contributed by atoms with Gasteiger partial charge >= 0.3 is 5.97 Å². The first-order chi connectivity index (χ1) is 7.20. The summed E-state index contributed by atoms with van der Waals surface area (Å²) in [4.78, 5) is 19.2. The maximum absolute atomic E-state index is 11.3. The topological polar surface area (TPSA) is 56.5 Å². The molecule has 0 aliphatic rings. The Morgan fingerprint density at radius 2 is 2.40 bits per heavy atom. The van der Waals surface area contributed by atoms with Crippen molar-refractivity contribution < 1.29 is 9.53 Å². The third kappa shape index (κ3) is 1.92. The van der Waals surface area contributed by atoms with Gasteiger partial charge in [-0.25, -0.2) is 14.8 Å². The normalized spacial score (nSPS) is 10.5. The zero-order chi connectivity index (χ0) is 10.8. The second-order valence-corrected chi connectivity index (χ2v) is 3.21. The van der Waals surface area contributed by atoms with E-state index >= 15 is 0 Å². The van der Waals surface area contributed by atoms with Gasteiger partial charge in [-0.2, -0.15) is 0 Å². The molecule has 0 aromatic carbocycles. The van der Waals surface area contributed by atoms with Gasteiger partial charge in [-0.05, 0) is 6.92 Å². The van der Waals surface area contributed by atoms with Crippen LogP contribution in [0.15, 0.2) is 18.6 Å². The van der Waals surface area contributed by atoms with Crippen LogP contribution in [0.4, 0.5) is 0 Å². The molecule has 2 aromatic heterocycles. The number of hydrogen-bond acceptors (Lipinski definition) is 4. The van der Waals surface area contributed by atoms with Crippen LogP contribution in [0, 0.1) is 0 Å². The number of imidazole rings is 1. The molecule has 0 spiro atoms. The first-order valence-corrected chi connectivity index (χ1v) is 4.76. The van der Waals surface area contributed by atoms with E-state index in [4.69, 9.17) is 16.3 Å². The molecule has 2 aromatic rings. The number of nitrogens with zero attached hydrogens (tertiary/aromatic N) is 3. The molecule has 15 heavy (non-hydrogen) atoms. The fourth-order valence-corrected chi connectivity index (χ4v) is 1.33. The van der Waals surface area contributed by atoms with Crippen molar-refractivity contribution in [2.24, 2.45) is 0 Å². The van der Waals surface area contributed by atoms with E-state index in [-0.39, 0.29) is 5.69 Å². The average molecular weight is 226 g/mol. The molecule has 0 atom stereocenters. The van der Waals surface area contributed by atoms with Crippen molar-refractivity contribution in [1.29, 1.82) is 0 Å². The Balaban J connectivity index is 2.42. The summed E-state index contributed by atoms with van der Waals surface area (Å²) in [6.07, 6.45) is 4.62. The van der Waals surface area contributed by atoms with Gasteiger partial charge in [0.1, 0.15) is 5.15 Å². The first-order valence-electron chi connectivity index (χ1n) is 4.38. The number of rotatable bonds is 2. The molecule has 2 rings (SSSR count). The van der Waals surface area contributed by atoms with Crippen LogP contribution in [0.1, 0.15) is 17.4 Å². The summed E-state index contributed by atoms with van der Waals surface area (Å²) in [6, 6.07) is 0. The fourth-order valence-electron chi connectivity index (χ4n) is 1.18. The quantitative estimate of drug-likeness (QED) is 0.728. The molecule has 6 heteroatoms. The van der Waals surface area contributed by atoms with Gasteiger partial charge in [0.15, 0.2) is 11.3 Å². The molecule has 5 nitrogen and oxygen atoms in total. The van der Waals surface area contributed by atoms with E-state index in [9.17, 15) is 4.79 Å². The molecule has 0 saturated heterocycles. The predicted molar refractivity (Wildman–Crippen MR) is 54.0 cm³/mol. The summed E-state index contributed by atoms with van der Waals surface area (Å²) in [5.41, 5.74) is 0.809. The van der Waals surface area contributed by atoms with Crippen molar-refractivity contribution in [2.45, 2.75) is 6.92 Å². The van der Waals surface area contributed by atoms with Crippen LogP contribution in [0.25, 0.3) is 5.65 Å². The molecule has 0 saturated carbocycles. The lowest BCUT2D eigenvalue weighted by Gasteiger charge is -1.95. The summed E-state index contributed by atoms with van der Waals surface area (Å²) in [6.45, 7) is 2.07. The summed E-state index contributed by atoms with van der Waals surface area (Å²) < 4.78 is 6.45. The second-order valence-electron chi connectivity index (χ2n) is 2.82. The van der Waals surface area contributed by atoms with Crippen molar-refractivity contribution in [3.8, 4) is 0 Å². The van der Waals surface area contributed by atoms with Gasteiger partial charge in [-0.3, -0.25) is 0 Å². The van der Waals surface area contributed by atoms with Crippen molar-refractivity contribution in [3.05, 3.63) is 29.4 Å². The number of aromatic nitrogens is 3. The van der Waals surface area contributed by atoms with Crippen molar-refractivity contribution >= 4 is 23.2 Å². The Morgan fingerprint density at radius 1 is 1.60 bits per heavy atom. The van der Waals surface area contributed by atoms with Gasteiger partial charge < -0.3 is 9.14 Å². The number of carbonyl (C=O) groups is 1. The molecular weight excluding hydrogens is 218 g/mol. The Hall–Kier alpha value is -1.62. The number of carbonyl (C=O) groups excluding carboxylic acids is 1. The lowest BCUT2D eigenvalue weighted by atomic mass is 10.5. The molecule has 0 N–H and O–H groups in total. The van der Waals surface area contributed by atoms with E-state index in [1.165, 1.54) is 6.20 Å². The van der Waals surface area contributed by atoms with Gasteiger partial charge in [0.25, 0.3) is 0 Å². The second kappa shape index (κ2) is 3.86. The Labute approximate surface area is 90.7 Å². The largest absolute Gasteiger partial charge is 0.461 e. The zero-order valence-corrected chi connectivity index (χ0v) is 8.73. The molecule has 0 aliphatic carbocycles. The number of hydrogen-bond donors (Lipinski definition) is 0. The van der Waals surface area contributed by atoms with Crippen LogP contribution in [0.2, 0.25) is 5.15 Å². The molecular formula is C9H8ClN3O2. The molecule has 2 heterocycles. The van der Waals surface area contributed by atoms with Crippen LogP contribution >= 0.6 is 11.6 Å². The highest BCUT2D eigenvalue weighted by molar-refractivity contribution is 6.29.